The van der Waals surface area contributed by atoms with Crippen LogP contribution in [0.2, 0.25) is 0 Å². The Hall–Kier alpha value is -2.34. The summed E-state index contributed by atoms with van der Waals surface area (Å²) < 4.78 is 48.3. The van der Waals surface area contributed by atoms with E-state index < -0.39 is 29.9 Å². The first kappa shape index (κ1) is 18.0. The second-order valence-electron chi connectivity index (χ2n) is 4.73. The lowest BCUT2D eigenvalue weighted by molar-refractivity contribution is -0.385. The average molecular weight is 371 g/mol. The molecule has 0 unspecified atom stereocenters. The summed E-state index contributed by atoms with van der Waals surface area (Å²) in [6, 6.07) is 10.4. The Labute approximate surface area is 138 Å². The molecule has 2 aromatic rings. The van der Waals surface area contributed by atoms with Crippen LogP contribution in [0.3, 0.4) is 0 Å². The average Bonchev–Trinajstić information content (AvgIpc) is 2.54. The number of aryl methyl sites for hydroxylation is 1. The van der Waals surface area contributed by atoms with Crippen LogP contribution < -0.4 is 9.66 Å². The zero-order chi connectivity index (χ0) is 18.0. The van der Waals surface area contributed by atoms with Crippen molar-refractivity contribution < 1.29 is 21.8 Å². The van der Waals surface area contributed by atoms with Crippen LogP contribution in [-0.2, 0) is 20.0 Å². The minimum Gasteiger partial charge on any atom is -0.258 e. The van der Waals surface area contributed by atoms with E-state index in [0.29, 0.717) is 0 Å². The first-order chi connectivity index (χ1) is 11.1. The molecule has 0 amide bonds. The van der Waals surface area contributed by atoms with E-state index in [1.165, 1.54) is 37.3 Å². The van der Waals surface area contributed by atoms with Gasteiger partial charge in [-0.2, -0.15) is 0 Å². The molecule has 0 fully saturated rings. The number of nitro benzene ring substituents is 1. The molecule has 0 saturated carbocycles. The lowest BCUT2D eigenvalue weighted by Crippen LogP contribution is -2.41. The van der Waals surface area contributed by atoms with Gasteiger partial charge in [0.15, 0.2) is 0 Å². The molecule has 0 aliphatic carbocycles. The number of hydrazine groups is 1. The van der Waals surface area contributed by atoms with Gasteiger partial charge in [-0.05, 0) is 25.1 Å². The van der Waals surface area contributed by atoms with Gasteiger partial charge in [0.25, 0.3) is 25.7 Å². The molecule has 0 radical (unpaired) electrons. The Balaban J connectivity index is 2.27. The summed E-state index contributed by atoms with van der Waals surface area (Å²) in [4.78, 5) is 13.0. The maximum absolute atomic E-state index is 12.1. The lowest BCUT2D eigenvalue weighted by atomic mass is 10.2. The lowest BCUT2D eigenvalue weighted by Gasteiger charge is -2.09. The third-order valence-electron chi connectivity index (χ3n) is 3.05. The molecule has 2 rings (SSSR count). The van der Waals surface area contributed by atoms with E-state index in [-0.39, 0.29) is 16.1 Å². The molecule has 128 valence electrons. The third kappa shape index (κ3) is 3.94. The first-order valence-corrected chi connectivity index (χ1v) is 9.44. The maximum Gasteiger partial charge on any atom is 0.273 e. The van der Waals surface area contributed by atoms with Crippen molar-refractivity contribution >= 4 is 25.7 Å². The van der Waals surface area contributed by atoms with Gasteiger partial charge in [0.2, 0.25) is 0 Å². The van der Waals surface area contributed by atoms with Crippen molar-refractivity contribution in [2.75, 3.05) is 0 Å². The predicted octanol–water partition coefficient (Wildman–Crippen LogP) is 1.08. The highest BCUT2D eigenvalue weighted by atomic mass is 32.2. The molecule has 11 heteroatoms. The number of nitro groups is 1. The summed E-state index contributed by atoms with van der Waals surface area (Å²) in [7, 11) is -8.43. The van der Waals surface area contributed by atoms with E-state index in [1.54, 1.807) is 15.7 Å². The Bertz CT molecular complexity index is 972. The highest BCUT2D eigenvalue weighted by molar-refractivity contribution is 7.92. The molecule has 9 nitrogen and oxygen atoms in total. The van der Waals surface area contributed by atoms with Gasteiger partial charge in [-0.1, -0.05) is 24.3 Å². The van der Waals surface area contributed by atoms with Crippen LogP contribution in [0.5, 0.6) is 0 Å². The van der Waals surface area contributed by atoms with E-state index in [4.69, 9.17) is 0 Å². The number of nitrogens with zero attached hydrogens (tertiary/aromatic N) is 1. The highest BCUT2D eigenvalue weighted by Crippen LogP contribution is 2.22. The van der Waals surface area contributed by atoms with Gasteiger partial charge in [0.1, 0.15) is 0 Å². The molecule has 0 aliphatic heterocycles. The molecular formula is C13H13N3O6S2. The van der Waals surface area contributed by atoms with Crippen molar-refractivity contribution in [2.45, 2.75) is 16.7 Å². The molecule has 0 aromatic heterocycles. The van der Waals surface area contributed by atoms with Gasteiger partial charge in [-0.15, -0.1) is 9.66 Å². The third-order valence-corrected chi connectivity index (χ3v) is 5.69. The molecule has 0 spiro atoms. The SMILES string of the molecule is Cc1ccc(S(=O)(=O)NNS(=O)(=O)c2ccccc2)cc1[N+](=O)[O-]. The molecule has 0 atom stereocenters. The fourth-order valence-electron chi connectivity index (χ4n) is 1.78. The van der Waals surface area contributed by atoms with Crippen molar-refractivity contribution in [1.29, 1.82) is 0 Å². The van der Waals surface area contributed by atoms with Crippen molar-refractivity contribution in [3.63, 3.8) is 0 Å². The monoisotopic (exact) mass is 371 g/mol. The summed E-state index contributed by atoms with van der Waals surface area (Å²) >= 11 is 0. The van der Waals surface area contributed by atoms with Crippen LogP contribution in [0.4, 0.5) is 5.69 Å². The molecule has 2 aromatic carbocycles. The second kappa shape index (κ2) is 6.65. The van der Waals surface area contributed by atoms with Crippen molar-refractivity contribution in [1.82, 2.24) is 9.66 Å². The Morgan fingerprint density at radius 3 is 1.96 bits per heavy atom. The second-order valence-corrected chi connectivity index (χ2v) is 8.09. The topological polar surface area (TPSA) is 135 Å². The van der Waals surface area contributed by atoms with Gasteiger partial charge in [-0.25, -0.2) is 16.8 Å². The maximum atomic E-state index is 12.1. The molecule has 0 heterocycles. The quantitative estimate of drug-likeness (QED) is 0.576. The highest BCUT2D eigenvalue weighted by Gasteiger charge is 2.22. The smallest absolute Gasteiger partial charge is 0.258 e. The fraction of sp³-hybridized carbons (Fsp3) is 0.0769. The van der Waals surface area contributed by atoms with Crippen LogP contribution >= 0.6 is 0 Å². The van der Waals surface area contributed by atoms with Crippen LogP contribution in [0.15, 0.2) is 58.3 Å². The van der Waals surface area contributed by atoms with Gasteiger partial charge in [0, 0.05) is 11.6 Å². The van der Waals surface area contributed by atoms with E-state index in [2.05, 4.69) is 0 Å². The number of hydrogen-bond acceptors (Lipinski definition) is 6. The predicted molar refractivity (Wildman–Crippen MR) is 84.9 cm³/mol. The standard InChI is InChI=1S/C13H13N3O6S2/c1-10-7-8-12(9-13(10)16(17)18)24(21,22)15-14-23(19,20)11-5-3-2-4-6-11/h2-9,14-15H,1H3. The largest absolute Gasteiger partial charge is 0.273 e. The molecular weight excluding hydrogens is 358 g/mol. The molecule has 2 N–H and O–H groups in total. The molecule has 24 heavy (non-hydrogen) atoms. The summed E-state index contributed by atoms with van der Waals surface area (Å²) in [5.41, 5.74) is -0.104. The zero-order valence-electron chi connectivity index (χ0n) is 12.3. The van der Waals surface area contributed by atoms with E-state index >= 15 is 0 Å². The van der Waals surface area contributed by atoms with Crippen molar-refractivity contribution in [3.05, 3.63) is 64.2 Å². The minimum absolute atomic E-state index is 0.136. The molecule has 0 aliphatic rings. The van der Waals surface area contributed by atoms with E-state index in [0.717, 1.165) is 12.1 Å². The first-order valence-electron chi connectivity index (χ1n) is 6.47. The van der Waals surface area contributed by atoms with E-state index in [9.17, 15) is 26.9 Å². The Morgan fingerprint density at radius 2 is 1.42 bits per heavy atom. The van der Waals surface area contributed by atoms with Gasteiger partial charge in [-0.3, -0.25) is 10.1 Å². The van der Waals surface area contributed by atoms with Gasteiger partial charge in [0.05, 0.1) is 14.7 Å². The van der Waals surface area contributed by atoms with E-state index in [1.807, 2.05) is 0 Å². The minimum atomic E-state index is -4.32. The number of sulfonamides is 2. The fourth-order valence-corrected chi connectivity index (χ4v) is 3.92. The van der Waals surface area contributed by atoms with Gasteiger partial charge >= 0.3 is 0 Å². The summed E-state index contributed by atoms with van der Waals surface area (Å²) in [5, 5.41) is 10.9. The number of nitrogens with one attached hydrogen (secondary N) is 2. The van der Waals surface area contributed by atoms with Crippen LogP contribution in [0.1, 0.15) is 5.56 Å². The van der Waals surface area contributed by atoms with Crippen LogP contribution in [0, 0.1) is 17.0 Å². The van der Waals surface area contributed by atoms with Crippen molar-refractivity contribution in [2.24, 2.45) is 0 Å². The van der Waals surface area contributed by atoms with Crippen LogP contribution in [0.25, 0.3) is 0 Å². The van der Waals surface area contributed by atoms with Crippen LogP contribution in [-0.4, -0.2) is 21.8 Å². The summed E-state index contributed by atoms with van der Waals surface area (Å²) in [6.45, 7) is 1.46. The number of hydrogen-bond donors (Lipinski definition) is 2. The molecule has 0 bridgehead atoms. The number of rotatable bonds is 6. The Morgan fingerprint density at radius 1 is 0.875 bits per heavy atom. The summed E-state index contributed by atoms with van der Waals surface area (Å²) in [6.07, 6.45) is 0. The normalized spacial score (nSPS) is 12.0. The molecule has 0 saturated heterocycles. The van der Waals surface area contributed by atoms with Crippen molar-refractivity contribution in [3.8, 4) is 0 Å². The van der Waals surface area contributed by atoms with Gasteiger partial charge < -0.3 is 0 Å². The Kier molecular flexibility index (Phi) is 4.99. The number of benzene rings is 2. The zero-order valence-corrected chi connectivity index (χ0v) is 14.0. The summed E-state index contributed by atoms with van der Waals surface area (Å²) in [5.74, 6) is 0.